The van der Waals surface area contributed by atoms with Gasteiger partial charge in [0.15, 0.2) is 0 Å². The maximum absolute atomic E-state index is 11.2. The lowest BCUT2D eigenvalue weighted by atomic mass is 10.1. The molecule has 21 heavy (non-hydrogen) atoms. The summed E-state index contributed by atoms with van der Waals surface area (Å²) in [6.07, 6.45) is 0.592. The molecule has 1 aromatic rings. The second kappa shape index (κ2) is 8.33. The Morgan fingerprint density at radius 2 is 2.10 bits per heavy atom. The number of carbonyl (C=O) groups is 1. The van der Waals surface area contributed by atoms with Gasteiger partial charge in [0.1, 0.15) is 12.0 Å². The molecule has 0 saturated heterocycles. The number of rotatable bonds is 9. The number of benzene rings is 1. The van der Waals surface area contributed by atoms with E-state index in [0.717, 1.165) is 0 Å². The van der Waals surface area contributed by atoms with E-state index in [0.29, 0.717) is 31.7 Å². The molecule has 1 atom stereocenters. The Morgan fingerprint density at radius 1 is 1.38 bits per heavy atom. The number of nitro groups is 1. The molecule has 0 aromatic heterocycles. The Balaban J connectivity index is 3.21. The average molecular weight is 296 g/mol. The Labute approximate surface area is 123 Å². The van der Waals surface area contributed by atoms with E-state index in [1.165, 1.54) is 6.07 Å². The highest BCUT2D eigenvalue weighted by atomic mass is 16.6. The van der Waals surface area contributed by atoms with Gasteiger partial charge in [0, 0.05) is 38.4 Å². The fraction of sp³-hybridized carbons (Fsp3) is 0.500. The first kappa shape index (κ1) is 17.1. The SMILES string of the molecule is COCCN(c1ccc(C=O)cc1[N+](=O)[O-])C(C)COC. The van der Waals surface area contributed by atoms with Crippen molar-refractivity contribution in [3.05, 3.63) is 33.9 Å². The third-order valence-electron chi connectivity index (χ3n) is 3.12. The van der Waals surface area contributed by atoms with E-state index in [4.69, 9.17) is 9.47 Å². The first-order valence-corrected chi connectivity index (χ1v) is 6.53. The van der Waals surface area contributed by atoms with Crippen molar-refractivity contribution in [1.29, 1.82) is 0 Å². The molecule has 0 spiro atoms. The van der Waals surface area contributed by atoms with E-state index >= 15 is 0 Å². The van der Waals surface area contributed by atoms with Crippen molar-refractivity contribution in [2.75, 3.05) is 38.9 Å². The molecular formula is C14H20N2O5. The fourth-order valence-electron chi connectivity index (χ4n) is 2.10. The number of nitrogens with zero attached hydrogens (tertiary/aromatic N) is 2. The van der Waals surface area contributed by atoms with Gasteiger partial charge in [-0.3, -0.25) is 14.9 Å². The van der Waals surface area contributed by atoms with Gasteiger partial charge >= 0.3 is 0 Å². The first-order chi connectivity index (χ1) is 10.0. The van der Waals surface area contributed by atoms with Crippen LogP contribution < -0.4 is 4.90 Å². The molecule has 1 aromatic carbocycles. The maximum atomic E-state index is 11.2. The Bertz CT molecular complexity index is 492. The minimum Gasteiger partial charge on any atom is -0.383 e. The molecule has 0 fully saturated rings. The third-order valence-corrected chi connectivity index (χ3v) is 3.12. The molecule has 1 rings (SSSR count). The quantitative estimate of drug-likeness (QED) is 0.393. The number of aldehydes is 1. The van der Waals surface area contributed by atoms with Gasteiger partial charge in [-0.25, -0.2) is 0 Å². The second-order valence-corrected chi connectivity index (χ2v) is 4.61. The Morgan fingerprint density at radius 3 is 2.62 bits per heavy atom. The molecule has 0 saturated carbocycles. The van der Waals surface area contributed by atoms with Crippen molar-refractivity contribution in [3.8, 4) is 0 Å². The van der Waals surface area contributed by atoms with Crippen molar-refractivity contribution in [2.24, 2.45) is 0 Å². The number of methoxy groups -OCH3 is 2. The van der Waals surface area contributed by atoms with Crippen LogP contribution in [0.2, 0.25) is 0 Å². The van der Waals surface area contributed by atoms with Gasteiger partial charge < -0.3 is 14.4 Å². The van der Waals surface area contributed by atoms with Crippen LogP contribution in [0, 0.1) is 10.1 Å². The molecule has 0 aliphatic rings. The van der Waals surface area contributed by atoms with E-state index in [-0.39, 0.29) is 17.3 Å². The molecule has 0 amide bonds. The maximum Gasteiger partial charge on any atom is 0.293 e. The highest BCUT2D eigenvalue weighted by molar-refractivity contribution is 5.79. The van der Waals surface area contributed by atoms with Crippen LogP contribution in [0.4, 0.5) is 11.4 Å². The van der Waals surface area contributed by atoms with E-state index in [1.807, 2.05) is 11.8 Å². The van der Waals surface area contributed by atoms with Crippen molar-refractivity contribution in [2.45, 2.75) is 13.0 Å². The lowest BCUT2D eigenvalue weighted by Crippen LogP contribution is -2.39. The van der Waals surface area contributed by atoms with Crippen molar-refractivity contribution < 1.29 is 19.2 Å². The van der Waals surface area contributed by atoms with Gasteiger partial charge in [-0.05, 0) is 19.1 Å². The number of ether oxygens (including phenoxy) is 2. The van der Waals surface area contributed by atoms with E-state index in [1.54, 1.807) is 26.4 Å². The molecule has 7 nitrogen and oxygen atoms in total. The predicted octanol–water partition coefficient (Wildman–Crippen LogP) is 1.90. The van der Waals surface area contributed by atoms with Crippen LogP contribution >= 0.6 is 0 Å². The monoisotopic (exact) mass is 296 g/mol. The van der Waals surface area contributed by atoms with Gasteiger partial charge in [0.05, 0.1) is 18.1 Å². The molecule has 0 radical (unpaired) electrons. The summed E-state index contributed by atoms with van der Waals surface area (Å²) in [5, 5.41) is 11.2. The van der Waals surface area contributed by atoms with Crippen molar-refractivity contribution in [3.63, 3.8) is 0 Å². The molecule has 0 bridgehead atoms. The minimum absolute atomic E-state index is 0.0640. The average Bonchev–Trinajstić information content (AvgIpc) is 2.47. The lowest BCUT2D eigenvalue weighted by Gasteiger charge is -2.30. The number of nitro benzene ring substituents is 1. The summed E-state index contributed by atoms with van der Waals surface area (Å²) in [4.78, 5) is 23.4. The first-order valence-electron chi connectivity index (χ1n) is 6.53. The summed E-state index contributed by atoms with van der Waals surface area (Å²) in [6, 6.07) is 4.37. The van der Waals surface area contributed by atoms with Crippen LogP contribution in [0.1, 0.15) is 17.3 Å². The van der Waals surface area contributed by atoms with Crippen LogP contribution in [0.3, 0.4) is 0 Å². The van der Waals surface area contributed by atoms with Gasteiger partial charge in [-0.2, -0.15) is 0 Å². The van der Waals surface area contributed by atoms with E-state index in [9.17, 15) is 14.9 Å². The smallest absolute Gasteiger partial charge is 0.293 e. The van der Waals surface area contributed by atoms with Crippen molar-refractivity contribution >= 4 is 17.7 Å². The molecule has 0 N–H and O–H groups in total. The third kappa shape index (κ3) is 4.51. The summed E-state index contributed by atoms with van der Waals surface area (Å²) in [7, 11) is 3.15. The summed E-state index contributed by atoms with van der Waals surface area (Å²) in [5.41, 5.74) is 0.627. The van der Waals surface area contributed by atoms with Gasteiger partial charge in [-0.1, -0.05) is 0 Å². The minimum atomic E-state index is -0.484. The fourth-order valence-corrected chi connectivity index (χ4v) is 2.10. The zero-order valence-electron chi connectivity index (χ0n) is 12.4. The summed E-state index contributed by atoms with van der Waals surface area (Å²) in [5.74, 6) is 0. The lowest BCUT2D eigenvalue weighted by molar-refractivity contribution is -0.384. The van der Waals surface area contributed by atoms with Crippen molar-refractivity contribution in [1.82, 2.24) is 0 Å². The normalized spacial score (nSPS) is 12.0. The highest BCUT2D eigenvalue weighted by Crippen LogP contribution is 2.30. The molecule has 116 valence electrons. The van der Waals surface area contributed by atoms with Crippen LogP contribution in [0.15, 0.2) is 18.2 Å². The molecule has 7 heteroatoms. The molecule has 0 aliphatic heterocycles. The van der Waals surface area contributed by atoms with Crippen LogP contribution in [0.25, 0.3) is 0 Å². The van der Waals surface area contributed by atoms with Crippen LogP contribution in [-0.2, 0) is 9.47 Å². The molecule has 1 unspecified atom stereocenters. The number of hydrogen-bond acceptors (Lipinski definition) is 6. The zero-order chi connectivity index (χ0) is 15.8. The van der Waals surface area contributed by atoms with Gasteiger partial charge in [-0.15, -0.1) is 0 Å². The van der Waals surface area contributed by atoms with Crippen LogP contribution in [-0.4, -0.2) is 51.2 Å². The highest BCUT2D eigenvalue weighted by Gasteiger charge is 2.23. The van der Waals surface area contributed by atoms with Gasteiger partial charge in [0.2, 0.25) is 0 Å². The van der Waals surface area contributed by atoms with Crippen LogP contribution in [0.5, 0.6) is 0 Å². The number of carbonyl (C=O) groups excluding carboxylic acids is 1. The molecule has 0 heterocycles. The standard InChI is InChI=1S/C14H20N2O5/c1-11(10-21-3)15(6-7-20-2)13-5-4-12(9-17)8-14(13)16(18)19/h4-5,8-9,11H,6-7,10H2,1-3H3. The van der Waals surface area contributed by atoms with E-state index in [2.05, 4.69) is 0 Å². The van der Waals surface area contributed by atoms with E-state index < -0.39 is 4.92 Å². The number of hydrogen-bond donors (Lipinski definition) is 0. The zero-order valence-corrected chi connectivity index (χ0v) is 12.4. The molecule has 0 aliphatic carbocycles. The summed E-state index contributed by atoms with van der Waals surface area (Å²) >= 11 is 0. The largest absolute Gasteiger partial charge is 0.383 e. The summed E-state index contributed by atoms with van der Waals surface area (Å²) < 4.78 is 10.2. The number of anilines is 1. The second-order valence-electron chi connectivity index (χ2n) is 4.61. The topological polar surface area (TPSA) is 81.9 Å². The predicted molar refractivity (Wildman–Crippen MR) is 79.0 cm³/mol. The Hall–Kier alpha value is -1.99. The molecular weight excluding hydrogens is 276 g/mol. The Kier molecular flexibility index (Phi) is 6.77. The summed E-state index contributed by atoms with van der Waals surface area (Å²) in [6.45, 7) is 3.26. The van der Waals surface area contributed by atoms with Gasteiger partial charge in [0.25, 0.3) is 5.69 Å².